The summed E-state index contributed by atoms with van der Waals surface area (Å²) >= 11 is 1.33. The van der Waals surface area contributed by atoms with E-state index in [4.69, 9.17) is 0 Å². The fourth-order valence-corrected chi connectivity index (χ4v) is 2.90. The molecule has 0 radical (unpaired) electrons. The van der Waals surface area contributed by atoms with Gasteiger partial charge in [0.05, 0.1) is 4.92 Å². The number of fused-ring (bicyclic) bond motifs is 1. The van der Waals surface area contributed by atoms with Crippen LogP contribution in [-0.4, -0.2) is 15.8 Å². The molecule has 120 valence electrons. The fraction of sp³-hybridized carbons (Fsp3) is 0. The minimum absolute atomic E-state index is 0. The van der Waals surface area contributed by atoms with Crippen molar-refractivity contribution in [2.45, 2.75) is 0 Å². The summed E-state index contributed by atoms with van der Waals surface area (Å²) in [6.45, 7) is 3.89. The van der Waals surface area contributed by atoms with Gasteiger partial charge in [-0.05, 0) is 11.6 Å². The summed E-state index contributed by atoms with van der Waals surface area (Å²) in [5.74, 6) is -0.437. The van der Waals surface area contributed by atoms with Crippen LogP contribution in [0.1, 0.15) is 15.9 Å². The molecule has 0 fully saturated rings. The minimum Gasteiger partial charge on any atom is -0.358 e. The van der Waals surface area contributed by atoms with E-state index in [0.29, 0.717) is 5.13 Å². The van der Waals surface area contributed by atoms with Crippen LogP contribution in [0.15, 0.2) is 42.5 Å². The maximum Gasteiger partial charge on any atom is 2.00 e. The maximum atomic E-state index is 12.2. The zero-order valence-corrected chi connectivity index (χ0v) is 17.8. The van der Waals surface area contributed by atoms with E-state index >= 15 is 0 Å². The van der Waals surface area contributed by atoms with Gasteiger partial charge in [-0.1, -0.05) is 12.1 Å². The van der Waals surface area contributed by atoms with Crippen molar-refractivity contribution in [3.8, 4) is 0 Å². The van der Waals surface area contributed by atoms with Crippen molar-refractivity contribution >= 4 is 38.3 Å². The van der Waals surface area contributed by atoms with Gasteiger partial charge < -0.3 is 7.43 Å². The van der Waals surface area contributed by atoms with Crippen LogP contribution in [0.3, 0.4) is 0 Å². The zero-order valence-electron chi connectivity index (χ0n) is 12.8. The van der Waals surface area contributed by atoms with Gasteiger partial charge in [0.1, 0.15) is 0 Å². The number of thiazole rings is 1. The Labute approximate surface area is 166 Å². The van der Waals surface area contributed by atoms with Gasteiger partial charge in [-0.15, -0.1) is 17.4 Å². The number of aromatic nitrogens is 1. The van der Waals surface area contributed by atoms with Crippen LogP contribution in [0, 0.1) is 55.6 Å². The normalized spacial score (nSPS) is 9.67. The number of nitro groups is 1. The van der Waals surface area contributed by atoms with E-state index in [-0.39, 0.29) is 49.8 Å². The second-order valence-electron chi connectivity index (χ2n) is 4.54. The molecule has 3 aromatic rings. The van der Waals surface area contributed by atoms with E-state index in [1.54, 1.807) is 0 Å². The number of hydrogen-bond acceptors (Lipinski definition) is 5. The number of rotatable bonds is 3. The molecule has 6 nitrogen and oxygen atoms in total. The van der Waals surface area contributed by atoms with Gasteiger partial charge in [-0.2, -0.15) is 18.6 Å². The Morgan fingerprint density at radius 3 is 2.62 bits per heavy atom. The van der Waals surface area contributed by atoms with Crippen LogP contribution in [-0.2, 0) is 0 Å². The molecule has 0 aliphatic heterocycles. The van der Waals surface area contributed by atoms with Crippen molar-refractivity contribution in [3.05, 3.63) is 78.1 Å². The molecule has 0 bridgehead atoms. The van der Waals surface area contributed by atoms with E-state index in [2.05, 4.69) is 17.2 Å². The third-order valence-corrected chi connectivity index (χ3v) is 3.98. The van der Waals surface area contributed by atoms with Crippen molar-refractivity contribution in [1.29, 1.82) is 0 Å². The van der Waals surface area contributed by atoms with Crippen molar-refractivity contribution in [2.75, 3.05) is 5.32 Å². The second-order valence-corrected chi connectivity index (χ2v) is 5.58. The SMILES string of the molecule is [CH2-]c1cccc2sc(NC(=O)c3cccc([N+](=O)[O-])c3)nc12.[CH3-].[U+2]. The molecule has 1 amide bonds. The van der Waals surface area contributed by atoms with Gasteiger partial charge in [-0.25, -0.2) is 0 Å². The van der Waals surface area contributed by atoms with E-state index < -0.39 is 10.8 Å². The summed E-state index contributed by atoms with van der Waals surface area (Å²) in [6, 6.07) is 11.2. The summed E-state index contributed by atoms with van der Waals surface area (Å²) in [5, 5.41) is 13.8. The van der Waals surface area contributed by atoms with Gasteiger partial charge in [0.2, 0.25) is 0 Å². The summed E-state index contributed by atoms with van der Waals surface area (Å²) < 4.78 is 0.918. The number of hydrogen-bond donors (Lipinski definition) is 1. The predicted molar refractivity (Wildman–Crippen MR) is 91.5 cm³/mol. The first-order valence-electron chi connectivity index (χ1n) is 6.32. The van der Waals surface area contributed by atoms with E-state index in [1.807, 2.05) is 18.2 Å². The third-order valence-electron chi connectivity index (χ3n) is 3.04. The average molecular weight is 565 g/mol. The molecule has 2 aromatic carbocycles. The van der Waals surface area contributed by atoms with Crippen molar-refractivity contribution in [3.63, 3.8) is 0 Å². The zero-order chi connectivity index (χ0) is 15.7. The largest absolute Gasteiger partial charge is 2.00 e. The van der Waals surface area contributed by atoms with Gasteiger partial charge in [0, 0.05) is 22.4 Å². The van der Waals surface area contributed by atoms with Gasteiger partial charge in [0.15, 0.2) is 5.13 Å². The summed E-state index contributed by atoms with van der Waals surface area (Å²) in [6.07, 6.45) is 0. The molecule has 24 heavy (non-hydrogen) atoms. The van der Waals surface area contributed by atoms with E-state index in [9.17, 15) is 14.9 Å². The van der Waals surface area contributed by atoms with Gasteiger partial charge in [0.25, 0.3) is 11.6 Å². The van der Waals surface area contributed by atoms with E-state index in [1.165, 1.54) is 35.6 Å². The van der Waals surface area contributed by atoms with Crippen molar-refractivity contribution < 1.29 is 40.8 Å². The number of nitrogens with one attached hydrogen (secondary N) is 1. The second kappa shape index (κ2) is 8.29. The number of para-hydroxylation sites is 1. The molecule has 0 aliphatic carbocycles. The smallest absolute Gasteiger partial charge is 0.358 e. The molecular weight excluding hydrogens is 552 g/mol. The maximum absolute atomic E-state index is 12.2. The summed E-state index contributed by atoms with van der Waals surface area (Å²) in [7, 11) is 0. The van der Waals surface area contributed by atoms with Gasteiger partial charge >= 0.3 is 31.1 Å². The molecule has 1 heterocycles. The number of nitrogens with zero attached hydrogens (tertiary/aromatic N) is 2. The molecule has 0 unspecified atom stereocenters. The Morgan fingerprint density at radius 2 is 1.96 bits per heavy atom. The van der Waals surface area contributed by atoms with Gasteiger partial charge in [-0.3, -0.25) is 25.2 Å². The molecule has 0 saturated heterocycles. The monoisotopic (exact) mass is 565 g/mol. The molecule has 1 aromatic heterocycles. The first-order valence-corrected chi connectivity index (χ1v) is 7.13. The van der Waals surface area contributed by atoms with E-state index in [0.717, 1.165) is 15.8 Å². The van der Waals surface area contributed by atoms with Crippen LogP contribution < -0.4 is 5.32 Å². The first kappa shape index (κ1) is 20.2. The molecule has 0 spiro atoms. The fourth-order valence-electron chi connectivity index (χ4n) is 1.99. The first-order chi connectivity index (χ1) is 10.5. The molecule has 8 heteroatoms. The Morgan fingerprint density at radius 1 is 1.25 bits per heavy atom. The molecule has 0 aliphatic rings. The predicted octanol–water partition coefficient (Wildman–Crippen LogP) is 4.09. The standard InChI is InChI=1S/C15H10N3O3S.CH3.U/c1-9-4-2-7-12-13(9)16-15(22-12)17-14(19)10-5-3-6-11(8-10)18(20)21;;/h2-8H,1H2,(H,16,17,19);1H3;/q2*-1;+2. The minimum atomic E-state index is -0.538. The quantitative estimate of drug-likeness (QED) is 0.295. The Kier molecular flexibility index (Phi) is 6.96. The number of benzene rings is 2. The number of amides is 1. The van der Waals surface area contributed by atoms with Crippen LogP contribution in [0.4, 0.5) is 10.8 Å². The van der Waals surface area contributed by atoms with Crippen LogP contribution >= 0.6 is 11.3 Å². The number of carbonyl (C=O) groups excluding carboxylic acids is 1. The van der Waals surface area contributed by atoms with Crippen LogP contribution in [0.2, 0.25) is 0 Å². The van der Waals surface area contributed by atoms with Crippen molar-refractivity contribution in [2.24, 2.45) is 0 Å². The Balaban J connectivity index is 0.00000144. The van der Waals surface area contributed by atoms with Crippen molar-refractivity contribution in [1.82, 2.24) is 4.98 Å². The number of nitro benzene ring substituents is 1. The summed E-state index contributed by atoms with van der Waals surface area (Å²) in [5.41, 5.74) is 1.60. The molecule has 0 atom stereocenters. The molecule has 0 saturated carbocycles. The number of carbonyl (C=O) groups is 1. The Bertz CT molecular complexity index is 895. The third kappa shape index (κ3) is 4.15. The number of anilines is 1. The molecule has 1 N–H and O–H groups in total. The van der Waals surface area contributed by atoms with Crippen LogP contribution in [0.5, 0.6) is 0 Å². The number of non-ortho nitro benzene ring substituents is 1. The topological polar surface area (TPSA) is 85.1 Å². The molecule has 3 rings (SSSR count). The Hall–Kier alpha value is -1.88. The van der Waals surface area contributed by atoms with Crippen LogP contribution in [0.25, 0.3) is 10.2 Å². The molecular formula is C16H13N3O3SU. The summed E-state index contributed by atoms with van der Waals surface area (Å²) in [4.78, 5) is 26.7. The average Bonchev–Trinajstić information content (AvgIpc) is 2.91.